The normalized spacial score (nSPS) is 21.3. The van der Waals surface area contributed by atoms with Crippen LogP contribution in [0, 0.1) is 28.1 Å². The maximum atomic E-state index is 8.81. The van der Waals surface area contributed by atoms with Gasteiger partial charge >= 0.3 is 0 Å². The Kier molecular flexibility index (Phi) is 4.47. The molecule has 2 nitrogen and oxygen atoms in total. The first-order chi connectivity index (χ1) is 6.83. The van der Waals surface area contributed by atoms with E-state index in [1.165, 1.54) is 32.1 Å². The molecule has 1 aliphatic carbocycles. The third-order valence-corrected chi connectivity index (χ3v) is 3.32. The highest BCUT2D eigenvalue weighted by Crippen LogP contribution is 2.39. The Morgan fingerprint density at radius 3 is 1.64 bits per heavy atom. The van der Waals surface area contributed by atoms with E-state index in [0.717, 1.165) is 12.8 Å². The lowest BCUT2D eigenvalue weighted by Crippen LogP contribution is -2.21. The molecular weight excluding hydrogens is 172 g/mol. The van der Waals surface area contributed by atoms with Gasteiger partial charge in [0, 0.05) is 12.8 Å². The number of nitriles is 2. The lowest BCUT2D eigenvalue weighted by Gasteiger charge is -2.30. The summed E-state index contributed by atoms with van der Waals surface area (Å²) in [6, 6.07) is 4.52. The highest BCUT2D eigenvalue weighted by atomic mass is 14.4. The number of nitrogens with zero attached hydrogens (tertiary/aromatic N) is 2. The minimum absolute atomic E-state index is 0.0317. The monoisotopic (exact) mass is 190 g/mol. The van der Waals surface area contributed by atoms with Crippen molar-refractivity contribution in [3.63, 3.8) is 0 Å². The zero-order valence-electron chi connectivity index (χ0n) is 8.76. The molecule has 2 heteroatoms. The van der Waals surface area contributed by atoms with Crippen LogP contribution in [0.15, 0.2) is 0 Å². The zero-order valence-corrected chi connectivity index (χ0v) is 8.76. The van der Waals surface area contributed by atoms with Crippen LogP contribution in [0.2, 0.25) is 0 Å². The van der Waals surface area contributed by atoms with E-state index in [1.54, 1.807) is 0 Å². The van der Waals surface area contributed by atoms with E-state index in [-0.39, 0.29) is 5.41 Å². The molecule has 1 saturated carbocycles. The van der Waals surface area contributed by atoms with Crippen LogP contribution < -0.4 is 0 Å². The molecule has 0 N–H and O–H groups in total. The van der Waals surface area contributed by atoms with E-state index in [2.05, 4.69) is 12.1 Å². The topological polar surface area (TPSA) is 47.6 Å². The average Bonchev–Trinajstić information content (AvgIpc) is 2.12. The molecule has 1 fully saturated rings. The Bertz CT molecular complexity index is 218. The van der Waals surface area contributed by atoms with E-state index in [1.807, 2.05) is 0 Å². The third-order valence-electron chi connectivity index (χ3n) is 3.32. The van der Waals surface area contributed by atoms with Gasteiger partial charge in [-0.1, -0.05) is 32.1 Å². The standard InChI is InChI=1S/C12H18N2/c13-10-8-12(9-11-14)6-4-2-1-3-5-7-12/h1-9H2. The van der Waals surface area contributed by atoms with Crippen molar-refractivity contribution in [2.75, 3.05) is 0 Å². The molecule has 0 aromatic rings. The Morgan fingerprint density at radius 2 is 1.21 bits per heavy atom. The molecule has 0 spiro atoms. The van der Waals surface area contributed by atoms with Crippen LogP contribution in [-0.2, 0) is 0 Å². The van der Waals surface area contributed by atoms with E-state index >= 15 is 0 Å². The average molecular weight is 190 g/mol. The predicted molar refractivity (Wildman–Crippen MR) is 55.2 cm³/mol. The second-order valence-corrected chi connectivity index (χ2v) is 4.44. The van der Waals surface area contributed by atoms with Crippen molar-refractivity contribution in [1.29, 1.82) is 10.5 Å². The van der Waals surface area contributed by atoms with E-state index in [0.29, 0.717) is 12.8 Å². The van der Waals surface area contributed by atoms with Gasteiger partial charge in [-0.3, -0.25) is 0 Å². The molecule has 0 unspecified atom stereocenters. The summed E-state index contributed by atoms with van der Waals surface area (Å²) in [7, 11) is 0. The van der Waals surface area contributed by atoms with Crippen LogP contribution in [0.1, 0.15) is 57.8 Å². The Labute approximate surface area is 86.5 Å². The van der Waals surface area contributed by atoms with Crippen molar-refractivity contribution < 1.29 is 0 Å². The van der Waals surface area contributed by atoms with Crippen molar-refractivity contribution in [1.82, 2.24) is 0 Å². The van der Waals surface area contributed by atoms with E-state index < -0.39 is 0 Å². The number of rotatable bonds is 2. The smallest absolute Gasteiger partial charge is 0.0627 e. The van der Waals surface area contributed by atoms with Crippen molar-refractivity contribution in [2.45, 2.75) is 57.8 Å². The van der Waals surface area contributed by atoms with Crippen LogP contribution in [-0.4, -0.2) is 0 Å². The minimum atomic E-state index is 0.0317. The predicted octanol–water partition coefficient (Wildman–Crippen LogP) is 3.54. The van der Waals surface area contributed by atoms with Crippen LogP contribution in [0.25, 0.3) is 0 Å². The quantitative estimate of drug-likeness (QED) is 0.668. The minimum Gasteiger partial charge on any atom is -0.198 e. The molecule has 1 aliphatic rings. The van der Waals surface area contributed by atoms with Gasteiger partial charge in [0.1, 0.15) is 0 Å². The summed E-state index contributed by atoms with van der Waals surface area (Å²) in [6.07, 6.45) is 9.57. The van der Waals surface area contributed by atoms with Crippen molar-refractivity contribution >= 4 is 0 Å². The third kappa shape index (κ3) is 3.04. The molecule has 0 saturated heterocycles. The first-order valence-corrected chi connectivity index (χ1v) is 5.57. The second-order valence-electron chi connectivity index (χ2n) is 4.44. The molecule has 14 heavy (non-hydrogen) atoms. The fourth-order valence-electron chi connectivity index (χ4n) is 2.41. The van der Waals surface area contributed by atoms with Crippen LogP contribution >= 0.6 is 0 Å². The molecule has 1 rings (SSSR count). The van der Waals surface area contributed by atoms with Crippen molar-refractivity contribution in [2.24, 2.45) is 5.41 Å². The van der Waals surface area contributed by atoms with E-state index in [9.17, 15) is 0 Å². The van der Waals surface area contributed by atoms with Crippen molar-refractivity contribution in [3.05, 3.63) is 0 Å². The van der Waals surface area contributed by atoms with Crippen molar-refractivity contribution in [3.8, 4) is 12.1 Å². The van der Waals surface area contributed by atoms with Gasteiger partial charge in [-0.25, -0.2) is 0 Å². The molecule has 0 atom stereocenters. The Morgan fingerprint density at radius 1 is 0.786 bits per heavy atom. The fraction of sp³-hybridized carbons (Fsp3) is 0.833. The lowest BCUT2D eigenvalue weighted by atomic mass is 9.72. The summed E-state index contributed by atoms with van der Waals surface area (Å²) in [5.74, 6) is 0. The maximum Gasteiger partial charge on any atom is 0.0627 e. The van der Waals surface area contributed by atoms with Gasteiger partial charge in [0.05, 0.1) is 12.1 Å². The van der Waals surface area contributed by atoms with Gasteiger partial charge in [0.2, 0.25) is 0 Å². The molecule has 0 radical (unpaired) electrons. The number of hydrogen-bond acceptors (Lipinski definition) is 2. The largest absolute Gasteiger partial charge is 0.198 e. The Hall–Kier alpha value is -1.02. The number of hydrogen-bond donors (Lipinski definition) is 0. The first-order valence-electron chi connectivity index (χ1n) is 5.57. The maximum absolute atomic E-state index is 8.81. The first kappa shape index (κ1) is 11.1. The molecule has 0 aromatic heterocycles. The summed E-state index contributed by atoms with van der Waals surface area (Å²) in [5.41, 5.74) is 0.0317. The highest BCUT2D eigenvalue weighted by molar-refractivity contribution is 4.95. The zero-order chi connectivity index (χ0) is 10.3. The molecule has 0 aromatic carbocycles. The van der Waals surface area contributed by atoms with Crippen LogP contribution in [0.3, 0.4) is 0 Å². The van der Waals surface area contributed by atoms with Gasteiger partial charge in [-0.15, -0.1) is 0 Å². The van der Waals surface area contributed by atoms with Gasteiger partial charge in [-0.05, 0) is 18.3 Å². The summed E-state index contributed by atoms with van der Waals surface area (Å²) in [4.78, 5) is 0. The molecule has 0 aliphatic heterocycles. The summed E-state index contributed by atoms with van der Waals surface area (Å²) < 4.78 is 0. The molecule has 0 amide bonds. The fourth-order valence-corrected chi connectivity index (χ4v) is 2.41. The molecule has 0 bridgehead atoms. The van der Waals surface area contributed by atoms with Gasteiger partial charge in [0.25, 0.3) is 0 Å². The summed E-state index contributed by atoms with van der Waals surface area (Å²) in [6.45, 7) is 0. The Balaban J connectivity index is 2.62. The molecule has 0 heterocycles. The van der Waals surface area contributed by atoms with Gasteiger partial charge in [-0.2, -0.15) is 10.5 Å². The second kappa shape index (κ2) is 5.66. The SMILES string of the molecule is N#CCC1(CC#N)CCCCCCC1. The lowest BCUT2D eigenvalue weighted by molar-refractivity contribution is 0.220. The van der Waals surface area contributed by atoms with Gasteiger partial charge < -0.3 is 0 Å². The highest BCUT2D eigenvalue weighted by Gasteiger charge is 2.29. The molecule has 76 valence electrons. The van der Waals surface area contributed by atoms with Crippen LogP contribution in [0.4, 0.5) is 0 Å². The van der Waals surface area contributed by atoms with Crippen LogP contribution in [0.5, 0.6) is 0 Å². The summed E-state index contributed by atoms with van der Waals surface area (Å²) in [5, 5.41) is 17.6. The van der Waals surface area contributed by atoms with E-state index in [4.69, 9.17) is 10.5 Å². The van der Waals surface area contributed by atoms with Gasteiger partial charge in [0.15, 0.2) is 0 Å². The molecular formula is C12H18N2. The summed E-state index contributed by atoms with van der Waals surface area (Å²) >= 11 is 0.